The first-order valence-corrected chi connectivity index (χ1v) is 5.37. The van der Waals surface area contributed by atoms with E-state index in [-0.39, 0.29) is 10.8 Å². The minimum Gasteiger partial charge on any atom is -0.233 e. The number of thiazole rings is 1. The number of hydrogen-bond acceptors (Lipinski definition) is 4. The van der Waals surface area contributed by atoms with Crippen LogP contribution in [0.15, 0.2) is 15.9 Å². The minimum atomic E-state index is -3.06. The lowest BCUT2D eigenvalue weighted by Gasteiger charge is -1.91. The minimum absolute atomic E-state index is 0.122. The highest BCUT2D eigenvalue weighted by atomic mass is 32.2. The van der Waals surface area contributed by atoms with Gasteiger partial charge in [-0.1, -0.05) is 6.92 Å². The molecule has 1 heterocycles. The second-order valence-corrected chi connectivity index (χ2v) is 4.67. The van der Waals surface area contributed by atoms with Crippen LogP contribution in [-0.4, -0.2) is 19.2 Å². The molecule has 56 valence electrons. The molecule has 0 aliphatic heterocycles. The van der Waals surface area contributed by atoms with Gasteiger partial charge >= 0.3 is 0 Å². The normalized spacial score (nSPS) is 11.7. The largest absolute Gasteiger partial charge is 0.233 e. The molecule has 0 aromatic carbocycles. The van der Waals surface area contributed by atoms with Crippen LogP contribution < -0.4 is 0 Å². The van der Waals surface area contributed by atoms with E-state index in [4.69, 9.17) is 0 Å². The van der Waals surface area contributed by atoms with Gasteiger partial charge in [0.25, 0.3) is 0 Å². The molecule has 0 saturated carbocycles. The van der Waals surface area contributed by atoms with Crippen LogP contribution in [-0.2, 0) is 9.84 Å². The fourth-order valence-electron chi connectivity index (χ4n) is 0.503. The second kappa shape index (κ2) is 2.67. The molecule has 0 bridgehead atoms. The zero-order valence-electron chi connectivity index (χ0n) is 5.44. The lowest BCUT2D eigenvalue weighted by Crippen LogP contribution is -2.03. The highest BCUT2D eigenvalue weighted by Crippen LogP contribution is 2.09. The van der Waals surface area contributed by atoms with Crippen molar-refractivity contribution in [3.63, 3.8) is 0 Å². The highest BCUT2D eigenvalue weighted by Gasteiger charge is 2.12. The summed E-state index contributed by atoms with van der Waals surface area (Å²) in [7, 11) is -3.06. The third kappa shape index (κ3) is 1.35. The summed E-state index contributed by atoms with van der Waals surface area (Å²) in [5.74, 6) is 0.122. The smallest absolute Gasteiger partial charge is 0.196 e. The van der Waals surface area contributed by atoms with Crippen LogP contribution in [0.5, 0.6) is 0 Å². The van der Waals surface area contributed by atoms with Crippen molar-refractivity contribution in [1.82, 2.24) is 4.98 Å². The van der Waals surface area contributed by atoms with Gasteiger partial charge in [-0.25, -0.2) is 13.4 Å². The number of sulfone groups is 1. The number of aromatic nitrogens is 1. The van der Waals surface area contributed by atoms with Gasteiger partial charge in [-0.05, 0) is 0 Å². The zero-order valence-corrected chi connectivity index (χ0v) is 7.08. The molecule has 0 aliphatic carbocycles. The zero-order chi connectivity index (χ0) is 7.61. The van der Waals surface area contributed by atoms with Crippen LogP contribution in [0.4, 0.5) is 0 Å². The number of hydrogen-bond donors (Lipinski definition) is 0. The van der Waals surface area contributed by atoms with Crippen LogP contribution in [0.2, 0.25) is 0 Å². The van der Waals surface area contributed by atoms with Gasteiger partial charge in [0.15, 0.2) is 14.9 Å². The van der Waals surface area contributed by atoms with Crippen LogP contribution >= 0.6 is 11.3 Å². The molecule has 0 radical (unpaired) electrons. The number of rotatable bonds is 2. The van der Waals surface area contributed by atoms with Crippen molar-refractivity contribution in [2.45, 2.75) is 11.9 Å². The summed E-state index contributed by atoms with van der Waals surface area (Å²) in [6, 6.07) is 0. The van der Waals surface area contributed by atoms with E-state index in [0.29, 0.717) is 0 Å². The molecule has 0 amide bonds. The molecule has 5 heteroatoms. The molecule has 0 fully saturated rings. The van der Waals surface area contributed by atoms with E-state index in [0.717, 1.165) is 0 Å². The third-order valence-corrected chi connectivity index (χ3v) is 3.46. The lowest BCUT2D eigenvalue weighted by molar-refractivity contribution is 0.594. The molecule has 0 N–H and O–H groups in total. The quantitative estimate of drug-likeness (QED) is 0.675. The van der Waals surface area contributed by atoms with Gasteiger partial charge in [-0.2, -0.15) is 0 Å². The Hall–Kier alpha value is -0.420. The van der Waals surface area contributed by atoms with E-state index in [9.17, 15) is 8.42 Å². The maximum absolute atomic E-state index is 11.0. The van der Waals surface area contributed by atoms with E-state index in [1.807, 2.05) is 0 Å². The van der Waals surface area contributed by atoms with Crippen LogP contribution in [0.25, 0.3) is 0 Å². The summed E-state index contributed by atoms with van der Waals surface area (Å²) in [5.41, 5.74) is 1.52. The van der Waals surface area contributed by atoms with E-state index in [1.165, 1.54) is 16.8 Å². The Morgan fingerprint density at radius 1 is 1.70 bits per heavy atom. The van der Waals surface area contributed by atoms with Gasteiger partial charge in [0.2, 0.25) is 0 Å². The van der Waals surface area contributed by atoms with E-state index < -0.39 is 9.84 Å². The highest BCUT2D eigenvalue weighted by molar-refractivity contribution is 7.91. The third-order valence-electron chi connectivity index (χ3n) is 1.11. The van der Waals surface area contributed by atoms with E-state index in [1.54, 1.807) is 12.3 Å². The van der Waals surface area contributed by atoms with Gasteiger partial charge in [0.05, 0.1) is 11.3 Å². The molecule has 0 unspecified atom stereocenters. The predicted molar refractivity (Wildman–Crippen MR) is 39.8 cm³/mol. The fraction of sp³-hybridized carbons (Fsp3) is 0.400. The Kier molecular flexibility index (Phi) is 2.05. The topological polar surface area (TPSA) is 47.0 Å². The summed E-state index contributed by atoms with van der Waals surface area (Å²) in [5, 5.41) is 1.73. The maximum Gasteiger partial charge on any atom is 0.196 e. The Balaban J connectivity index is 3.09. The van der Waals surface area contributed by atoms with Crippen molar-refractivity contribution < 1.29 is 8.42 Å². The average Bonchev–Trinajstić information content (AvgIpc) is 2.38. The Morgan fingerprint density at radius 3 is 2.80 bits per heavy atom. The molecule has 0 atom stereocenters. The Bertz CT molecular complexity index is 287. The number of nitrogens with zero attached hydrogens (tertiary/aromatic N) is 1. The SMILES string of the molecule is CCS(=O)(=O)c1cscn1. The molecule has 10 heavy (non-hydrogen) atoms. The first-order valence-electron chi connectivity index (χ1n) is 2.78. The van der Waals surface area contributed by atoms with Gasteiger partial charge in [-0.3, -0.25) is 0 Å². The maximum atomic E-state index is 11.0. The monoisotopic (exact) mass is 177 g/mol. The summed E-state index contributed by atoms with van der Waals surface area (Å²) in [6.07, 6.45) is 0. The van der Waals surface area contributed by atoms with Gasteiger partial charge in [0.1, 0.15) is 0 Å². The molecule has 0 saturated heterocycles. The Morgan fingerprint density at radius 2 is 2.40 bits per heavy atom. The molecule has 0 spiro atoms. The van der Waals surface area contributed by atoms with Crippen molar-refractivity contribution in [2.75, 3.05) is 5.75 Å². The van der Waals surface area contributed by atoms with Crippen LogP contribution in [0.1, 0.15) is 6.92 Å². The van der Waals surface area contributed by atoms with Crippen LogP contribution in [0, 0.1) is 0 Å². The molecular weight excluding hydrogens is 170 g/mol. The van der Waals surface area contributed by atoms with Crippen molar-refractivity contribution in [3.8, 4) is 0 Å². The molecule has 1 rings (SSSR count). The van der Waals surface area contributed by atoms with E-state index in [2.05, 4.69) is 4.98 Å². The van der Waals surface area contributed by atoms with Crippen molar-refractivity contribution in [3.05, 3.63) is 10.9 Å². The standard InChI is InChI=1S/C5H7NO2S2/c1-2-10(7,8)5-3-9-4-6-5/h3-4H,2H2,1H3. The predicted octanol–water partition coefficient (Wildman–Crippen LogP) is 0.937. The van der Waals surface area contributed by atoms with Crippen molar-refractivity contribution in [2.24, 2.45) is 0 Å². The van der Waals surface area contributed by atoms with E-state index >= 15 is 0 Å². The molecule has 3 nitrogen and oxygen atoms in total. The summed E-state index contributed by atoms with van der Waals surface area (Å²) in [4.78, 5) is 3.69. The summed E-state index contributed by atoms with van der Waals surface area (Å²) < 4.78 is 22.0. The summed E-state index contributed by atoms with van der Waals surface area (Å²) in [6.45, 7) is 1.61. The second-order valence-electron chi connectivity index (χ2n) is 1.73. The van der Waals surface area contributed by atoms with Crippen LogP contribution in [0.3, 0.4) is 0 Å². The molecule has 1 aromatic rings. The van der Waals surface area contributed by atoms with Gasteiger partial charge in [-0.15, -0.1) is 11.3 Å². The Labute approximate surface area is 63.6 Å². The average molecular weight is 177 g/mol. The van der Waals surface area contributed by atoms with Gasteiger partial charge in [0, 0.05) is 5.38 Å². The summed E-state index contributed by atoms with van der Waals surface area (Å²) >= 11 is 1.29. The fourth-order valence-corrected chi connectivity index (χ4v) is 2.24. The molecule has 1 aromatic heterocycles. The first kappa shape index (κ1) is 7.68. The lowest BCUT2D eigenvalue weighted by atomic mass is 11.0. The van der Waals surface area contributed by atoms with Gasteiger partial charge < -0.3 is 0 Å². The van der Waals surface area contributed by atoms with Crippen molar-refractivity contribution in [1.29, 1.82) is 0 Å². The van der Waals surface area contributed by atoms with Crippen molar-refractivity contribution >= 4 is 21.2 Å². The molecule has 0 aliphatic rings. The first-order chi connectivity index (χ1) is 4.67. The molecular formula is C5H7NO2S2.